The molecule has 2 aromatic rings. The second-order valence-corrected chi connectivity index (χ2v) is 8.09. The number of nitrogens with zero attached hydrogens (tertiary/aromatic N) is 1. The van der Waals surface area contributed by atoms with Crippen molar-refractivity contribution in [2.45, 2.75) is 53.0 Å². The van der Waals surface area contributed by atoms with Gasteiger partial charge in [-0.1, -0.05) is 20.8 Å². The second kappa shape index (κ2) is 6.13. The van der Waals surface area contributed by atoms with Gasteiger partial charge in [-0.25, -0.2) is 4.98 Å². The summed E-state index contributed by atoms with van der Waals surface area (Å²) in [5.41, 5.74) is 1.28. The second-order valence-electron chi connectivity index (χ2n) is 7.01. The van der Waals surface area contributed by atoms with Crippen LogP contribution in [0.25, 0.3) is 10.2 Å². The van der Waals surface area contributed by atoms with Crippen LogP contribution in [0.15, 0.2) is 4.79 Å². The van der Waals surface area contributed by atoms with E-state index >= 15 is 0 Å². The first-order valence-corrected chi connectivity index (χ1v) is 9.05. The Morgan fingerprint density at radius 1 is 1.41 bits per heavy atom. The van der Waals surface area contributed by atoms with E-state index in [0.29, 0.717) is 11.8 Å². The minimum Gasteiger partial charge on any atom is -0.309 e. The van der Waals surface area contributed by atoms with Crippen molar-refractivity contribution in [1.29, 1.82) is 0 Å². The molecule has 0 bridgehead atoms. The monoisotopic (exact) mass is 319 g/mol. The number of hydrogen-bond acceptors (Lipinski definition) is 4. The normalized spacial score (nSPS) is 19.6. The zero-order valence-electron chi connectivity index (χ0n) is 13.8. The van der Waals surface area contributed by atoms with Crippen molar-refractivity contribution in [3.05, 3.63) is 26.6 Å². The molecule has 5 heteroatoms. The van der Waals surface area contributed by atoms with E-state index in [2.05, 4.69) is 38.0 Å². The quantitative estimate of drug-likeness (QED) is 0.908. The number of hydrogen-bond donors (Lipinski definition) is 2. The molecule has 2 aromatic heterocycles. The van der Waals surface area contributed by atoms with Crippen LogP contribution in [0.3, 0.4) is 0 Å². The molecule has 2 atom stereocenters. The Bertz CT molecular complexity index is 731. The van der Waals surface area contributed by atoms with E-state index in [1.807, 2.05) is 0 Å². The molecule has 2 N–H and O–H groups in total. The number of thiophene rings is 1. The van der Waals surface area contributed by atoms with E-state index in [0.717, 1.165) is 35.4 Å². The summed E-state index contributed by atoms with van der Waals surface area (Å²) in [4.78, 5) is 22.6. The van der Waals surface area contributed by atoms with Crippen molar-refractivity contribution in [3.8, 4) is 0 Å². The van der Waals surface area contributed by atoms with Crippen LogP contribution in [0.4, 0.5) is 0 Å². The van der Waals surface area contributed by atoms with Crippen LogP contribution in [0.1, 0.15) is 56.4 Å². The summed E-state index contributed by atoms with van der Waals surface area (Å²) in [5.74, 6) is 2.05. The average Bonchev–Trinajstić information content (AvgIpc) is 2.82. The van der Waals surface area contributed by atoms with Gasteiger partial charge in [0.2, 0.25) is 0 Å². The van der Waals surface area contributed by atoms with E-state index in [4.69, 9.17) is 4.98 Å². The number of rotatable bonds is 4. The van der Waals surface area contributed by atoms with Gasteiger partial charge in [0, 0.05) is 4.88 Å². The van der Waals surface area contributed by atoms with Crippen molar-refractivity contribution < 1.29 is 0 Å². The van der Waals surface area contributed by atoms with Gasteiger partial charge in [-0.2, -0.15) is 0 Å². The van der Waals surface area contributed by atoms with Gasteiger partial charge in [0.25, 0.3) is 5.56 Å². The molecule has 0 spiro atoms. The van der Waals surface area contributed by atoms with Crippen molar-refractivity contribution in [3.63, 3.8) is 0 Å². The summed E-state index contributed by atoms with van der Waals surface area (Å²) in [6.45, 7) is 9.61. The molecule has 0 saturated heterocycles. The molecule has 0 aromatic carbocycles. The fourth-order valence-corrected chi connectivity index (χ4v) is 4.47. The van der Waals surface area contributed by atoms with Crippen LogP contribution < -0.4 is 10.9 Å². The first kappa shape index (κ1) is 15.7. The predicted octanol–water partition coefficient (Wildman–Crippen LogP) is 3.42. The molecule has 0 saturated carbocycles. The van der Waals surface area contributed by atoms with Gasteiger partial charge in [-0.15, -0.1) is 11.3 Å². The van der Waals surface area contributed by atoms with Crippen molar-refractivity contribution in [2.24, 2.45) is 11.8 Å². The SMILES string of the molecule is CC(C)CN[C@H](C)c1nc2sc3c(c2c(=O)[nH]1)CC[C@@H](C)C3. The summed E-state index contributed by atoms with van der Waals surface area (Å²) >= 11 is 1.71. The maximum atomic E-state index is 12.5. The van der Waals surface area contributed by atoms with Gasteiger partial charge < -0.3 is 10.3 Å². The van der Waals surface area contributed by atoms with Gasteiger partial charge >= 0.3 is 0 Å². The molecular weight excluding hydrogens is 294 g/mol. The van der Waals surface area contributed by atoms with Crippen LogP contribution in [0, 0.1) is 11.8 Å². The molecule has 1 aliphatic carbocycles. The highest BCUT2D eigenvalue weighted by molar-refractivity contribution is 7.18. The lowest BCUT2D eigenvalue weighted by atomic mass is 9.89. The first-order chi connectivity index (χ1) is 10.5. The molecule has 3 rings (SSSR count). The first-order valence-electron chi connectivity index (χ1n) is 8.23. The number of aromatic nitrogens is 2. The van der Waals surface area contributed by atoms with E-state index in [9.17, 15) is 4.79 Å². The Labute approximate surface area is 135 Å². The predicted molar refractivity (Wildman–Crippen MR) is 92.7 cm³/mol. The Balaban J connectivity index is 1.97. The van der Waals surface area contributed by atoms with E-state index in [1.165, 1.54) is 16.9 Å². The summed E-state index contributed by atoms with van der Waals surface area (Å²) in [5, 5.41) is 4.27. The Hall–Kier alpha value is -1.20. The molecule has 0 aliphatic heterocycles. The van der Waals surface area contributed by atoms with Gasteiger partial charge in [-0.05, 0) is 50.1 Å². The zero-order chi connectivity index (χ0) is 15.9. The van der Waals surface area contributed by atoms with Gasteiger partial charge in [-0.3, -0.25) is 4.79 Å². The molecule has 1 aliphatic rings. The van der Waals surface area contributed by atoms with Crippen LogP contribution >= 0.6 is 11.3 Å². The maximum Gasteiger partial charge on any atom is 0.259 e. The van der Waals surface area contributed by atoms with Crippen LogP contribution in [-0.4, -0.2) is 16.5 Å². The zero-order valence-corrected chi connectivity index (χ0v) is 14.6. The van der Waals surface area contributed by atoms with Crippen LogP contribution in [-0.2, 0) is 12.8 Å². The van der Waals surface area contributed by atoms with E-state index < -0.39 is 0 Å². The molecule has 120 valence electrons. The Kier molecular flexibility index (Phi) is 4.37. The lowest BCUT2D eigenvalue weighted by Crippen LogP contribution is -2.26. The fraction of sp³-hybridized carbons (Fsp3) is 0.647. The van der Waals surface area contributed by atoms with Crippen molar-refractivity contribution in [2.75, 3.05) is 6.54 Å². The molecule has 0 fully saturated rings. The Morgan fingerprint density at radius 2 is 2.18 bits per heavy atom. The number of nitrogens with one attached hydrogen (secondary N) is 2. The summed E-state index contributed by atoms with van der Waals surface area (Å²) < 4.78 is 0. The van der Waals surface area contributed by atoms with Gasteiger partial charge in [0.15, 0.2) is 0 Å². The largest absolute Gasteiger partial charge is 0.309 e. The van der Waals surface area contributed by atoms with Gasteiger partial charge in [0.05, 0.1) is 11.4 Å². The minimum absolute atomic E-state index is 0.0326. The van der Waals surface area contributed by atoms with Crippen LogP contribution in [0.2, 0.25) is 0 Å². The number of aromatic amines is 1. The Morgan fingerprint density at radius 3 is 2.91 bits per heavy atom. The van der Waals surface area contributed by atoms with E-state index in [-0.39, 0.29) is 11.6 Å². The third-order valence-electron chi connectivity index (χ3n) is 4.43. The van der Waals surface area contributed by atoms with Crippen LogP contribution in [0.5, 0.6) is 0 Å². The highest BCUT2D eigenvalue weighted by atomic mass is 32.1. The molecule has 2 heterocycles. The molecule has 0 amide bonds. The molecular formula is C17H25N3OS. The smallest absolute Gasteiger partial charge is 0.259 e. The summed E-state index contributed by atoms with van der Waals surface area (Å²) in [6.07, 6.45) is 3.28. The third kappa shape index (κ3) is 2.97. The lowest BCUT2D eigenvalue weighted by molar-refractivity contribution is 0.482. The summed E-state index contributed by atoms with van der Waals surface area (Å²) in [6, 6.07) is 0.0672. The lowest BCUT2D eigenvalue weighted by Gasteiger charge is -2.17. The average molecular weight is 319 g/mol. The fourth-order valence-electron chi connectivity index (χ4n) is 3.08. The summed E-state index contributed by atoms with van der Waals surface area (Å²) in [7, 11) is 0. The topological polar surface area (TPSA) is 57.8 Å². The standard InChI is InChI=1S/C17H25N3OS/c1-9(2)8-18-11(4)15-19-16(21)14-12-6-5-10(3)7-13(12)22-17(14)20-15/h9-11,18H,5-8H2,1-4H3,(H,19,20,21)/t10-,11-/m1/s1. The van der Waals surface area contributed by atoms with E-state index in [1.54, 1.807) is 11.3 Å². The molecule has 22 heavy (non-hydrogen) atoms. The van der Waals surface area contributed by atoms with Crippen molar-refractivity contribution >= 4 is 21.6 Å². The highest BCUT2D eigenvalue weighted by Gasteiger charge is 2.23. The van der Waals surface area contributed by atoms with Crippen molar-refractivity contribution in [1.82, 2.24) is 15.3 Å². The molecule has 0 unspecified atom stereocenters. The number of H-pyrrole nitrogens is 1. The molecule has 0 radical (unpaired) electrons. The maximum absolute atomic E-state index is 12.5. The number of aryl methyl sites for hydroxylation is 1. The minimum atomic E-state index is 0.0326. The highest BCUT2D eigenvalue weighted by Crippen LogP contribution is 2.35. The van der Waals surface area contributed by atoms with Gasteiger partial charge in [0.1, 0.15) is 10.7 Å². The third-order valence-corrected chi connectivity index (χ3v) is 5.57. The number of fused-ring (bicyclic) bond motifs is 3. The molecule has 4 nitrogen and oxygen atoms in total.